The highest BCUT2D eigenvalue weighted by atomic mass is 32.2. The van der Waals surface area contributed by atoms with Crippen LogP contribution in [-0.4, -0.2) is 32.5 Å². The molecule has 9 heteroatoms. The largest absolute Gasteiger partial charge is 0.495 e. The van der Waals surface area contributed by atoms with Gasteiger partial charge in [0.2, 0.25) is 10.0 Å². The number of sulfonamides is 1. The molecule has 0 unspecified atom stereocenters. The summed E-state index contributed by atoms with van der Waals surface area (Å²) in [6.45, 7) is 0. The maximum Gasteiger partial charge on any atom is 0.257 e. The zero-order valence-electron chi connectivity index (χ0n) is 14.4. The summed E-state index contributed by atoms with van der Waals surface area (Å²) in [5.74, 6) is -0.237. The van der Waals surface area contributed by atoms with Gasteiger partial charge < -0.3 is 4.74 Å². The van der Waals surface area contributed by atoms with Crippen molar-refractivity contribution in [3.63, 3.8) is 0 Å². The highest BCUT2D eigenvalue weighted by Gasteiger charge is 2.30. The van der Waals surface area contributed by atoms with Crippen molar-refractivity contribution in [3.05, 3.63) is 48.0 Å². The summed E-state index contributed by atoms with van der Waals surface area (Å²) in [4.78, 5) is 16.9. The summed E-state index contributed by atoms with van der Waals surface area (Å²) in [5.41, 5.74) is 1.01. The van der Waals surface area contributed by atoms with Gasteiger partial charge in [-0.3, -0.25) is 10.1 Å². The second-order valence-corrected chi connectivity index (χ2v) is 8.92. The molecule has 4 rings (SSSR count). The second kappa shape index (κ2) is 6.91. The molecule has 1 fully saturated rings. The fourth-order valence-corrected chi connectivity index (χ4v) is 4.97. The summed E-state index contributed by atoms with van der Waals surface area (Å²) in [6, 6.07) is 11.9. The molecule has 2 N–H and O–H groups in total. The lowest BCUT2D eigenvalue weighted by Gasteiger charge is -2.12. The van der Waals surface area contributed by atoms with Crippen molar-refractivity contribution in [1.82, 2.24) is 9.71 Å². The van der Waals surface area contributed by atoms with Crippen molar-refractivity contribution in [2.75, 3.05) is 12.4 Å². The van der Waals surface area contributed by atoms with E-state index in [1.807, 2.05) is 24.3 Å². The van der Waals surface area contributed by atoms with Gasteiger partial charge in [0.1, 0.15) is 10.6 Å². The zero-order chi connectivity index (χ0) is 19.0. The van der Waals surface area contributed by atoms with E-state index in [1.165, 1.54) is 36.6 Å². The van der Waals surface area contributed by atoms with Crippen LogP contribution in [0.5, 0.6) is 5.75 Å². The van der Waals surface area contributed by atoms with Crippen LogP contribution in [0, 0.1) is 0 Å². The van der Waals surface area contributed by atoms with Crippen LogP contribution in [0.3, 0.4) is 0 Å². The smallest absolute Gasteiger partial charge is 0.257 e. The summed E-state index contributed by atoms with van der Waals surface area (Å²) >= 11 is 1.36. The molecule has 1 saturated carbocycles. The number of nitrogens with one attached hydrogen (secondary N) is 2. The molecule has 0 radical (unpaired) electrons. The third-order valence-corrected chi connectivity index (χ3v) is 6.62. The molecule has 0 bridgehead atoms. The lowest BCUT2D eigenvalue weighted by atomic mass is 10.2. The van der Waals surface area contributed by atoms with Gasteiger partial charge in [-0.25, -0.2) is 18.1 Å². The van der Waals surface area contributed by atoms with Crippen LogP contribution < -0.4 is 14.8 Å². The lowest BCUT2D eigenvalue weighted by Crippen LogP contribution is -2.26. The van der Waals surface area contributed by atoms with Crippen molar-refractivity contribution >= 4 is 42.6 Å². The van der Waals surface area contributed by atoms with Crippen LogP contribution in [0.2, 0.25) is 0 Å². The number of carbonyl (C=O) groups excluding carboxylic acids is 1. The Hall–Kier alpha value is -2.49. The Morgan fingerprint density at radius 1 is 1.22 bits per heavy atom. The first kappa shape index (κ1) is 17.9. The number of aromatic nitrogens is 1. The Kier molecular flexibility index (Phi) is 4.58. The van der Waals surface area contributed by atoms with Gasteiger partial charge in [-0.15, -0.1) is 0 Å². The third-order valence-electron chi connectivity index (χ3n) is 4.13. The molecule has 0 spiro atoms. The molecular weight excluding hydrogens is 386 g/mol. The summed E-state index contributed by atoms with van der Waals surface area (Å²) in [7, 11) is -2.36. The molecule has 1 aliphatic rings. The van der Waals surface area contributed by atoms with Gasteiger partial charge in [0.05, 0.1) is 17.3 Å². The van der Waals surface area contributed by atoms with E-state index in [2.05, 4.69) is 15.0 Å². The van der Waals surface area contributed by atoms with Crippen molar-refractivity contribution < 1.29 is 17.9 Å². The van der Waals surface area contributed by atoms with Gasteiger partial charge in [0.25, 0.3) is 5.91 Å². The molecule has 2 aromatic carbocycles. The number of rotatable bonds is 6. The molecule has 3 aromatic rings. The molecule has 140 valence electrons. The number of amides is 1. The molecule has 0 atom stereocenters. The van der Waals surface area contributed by atoms with Gasteiger partial charge in [-0.05, 0) is 43.2 Å². The number of thiazole rings is 1. The number of ether oxygens (including phenoxy) is 1. The van der Waals surface area contributed by atoms with E-state index >= 15 is 0 Å². The van der Waals surface area contributed by atoms with Gasteiger partial charge >= 0.3 is 0 Å². The van der Waals surface area contributed by atoms with Crippen molar-refractivity contribution in [1.29, 1.82) is 0 Å². The Morgan fingerprint density at radius 2 is 2.00 bits per heavy atom. The number of hydrogen-bond acceptors (Lipinski definition) is 6. The van der Waals surface area contributed by atoms with Crippen LogP contribution in [0.1, 0.15) is 23.2 Å². The molecule has 1 aromatic heterocycles. The maximum absolute atomic E-state index is 12.6. The van der Waals surface area contributed by atoms with E-state index in [0.717, 1.165) is 23.1 Å². The minimum absolute atomic E-state index is 0.0417. The molecular formula is C18H17N3O4S2. The predicted molar refractivity (Wildman–Crippen MR) is 104 cm³/mol. The Labute approximate surface area is 160 Å². The Morgan fingerprint density at radius 3 is 2.70 bits per heavy atom. The minimum atomic E-state index is -3.76. The second-order valence-electron chi connectivity index (χ2n) is 6.20. The molecule has 0 aliphatic heterocycles. The number of hydrogen-bond donors (Lipinski definition) is 2. The van der Waals surface area contributed by atoms with Gasteiger partial charge in [-0.1, -0.05) is 23.5 Å². The van der Waals surface area contributed by atoms with Crippen molar-refractivity contribution in [3.8, 4) is 5.75 Å². The highest BCUT2D eigenvalue weighted by molar-refractivity contribution is 7.89. The Bertz CT molecular complexity index is 1090. The van der Waals surface area contributed by atoms with E-state index in [0.29, 0.717) is 5.13 Å². The van der Waals surface area contributed by atoms with E-state index in [9.17, 15) is 13.2 Å². The first-order chi connectivity index (χ1) is 13.0. The number of nitrogens with zero attached hydrogens (tertiary/aromatic N) is 1. The number of fused-ring (bicyclic) bond motifs is 1. The molecule has 1 aliphatic carbocycles. The fourth-order valence-electron chi connectivity index (χ4n) is 2.61. The first-order valence-electron chi connectivity index (χ1n) is 8.33. The Balaban J connectivity index is 1.62. The predicted octanol–water partition coefficient (Wildman–Crippen LogP) is 3.00. The monoisotopic (exact) mass is 403 g/mol. The van der Waals surface area contributed by atoms with Crippen LogP contribution in [-0.2, 0) is 10.0 Å². The summed E-state index contributed by atoms with van der Waals surface area (Å²) in [6.07, 6.45) is 1.64. The van der Waals surface area contributed by atoms with Crippen LogP contribution in [0.25, 0.3) is 10.2 Å². The number of methoxy groups -OCH3 is 1. The maximum atomic E-state index is 12.6. The lowest BCUT2D eigenvalue weighted by molar-refractivity contribution is 0.102. The number of benzene rings is 2. The summed E-state index contributed by atoms with van der Waals surface area (Å²) in [5, 5.41) is 3.19. The molecule has 1 amide bonds. The van der Waals surface area contributed by atoms with Crippen molar-refractivity contribution in [2.45, 2.75) is 23.8 Å². The molecule has 1 heterocycles. The minimum Gasteiger partial charge on any atom is -0.495 e. The van der Waals surface area contributed by atoms with Gasteiger partial charge in [0, 0.05) is 11.6 Å². The SMILES string of the molecule is COc1ccc(C(=O)Nc2nc3ccccc3s2)cc1S(=O)(=O)NC1CC1. The molecule has 0 saturated heterocycles. The topological polar surface area (TPSA) is 97.4 Å². The molecule has 7 nitrogen and oxygen atoms in total. The third kappa shape index (κ3) is 3.80. The standard InChI is InChI=1S/C18H17N3O4S2/c1-25-14-9-6-11(10-16(14)27(23,24)21-12-7-8-12)17(22)20-18-19-13-4-2-3-5-15(13)26-18/h2-6,9-10,12,21H,7-8H2,1H3,(H,19,20,22). The van der Waals surface area contributed by atoms with E-state index < -0.39 is 15.9 Å². The molecule has 27 heavy (non-hydrogen) atoms. The van der Waals surface area contributed by atoms with E-state index in [-0.39, 0.29) is 22.3 Å². The van der Waals surface area contributed by atoms with E-state index in [4.69, 9.17) is 4.74 Å². The van der Waals surface area contributed by atoms with Crippen LogP contribution in [0.15, 0.2) is 47.4 Å². The van der Waals surface area contributed by atoms with E-state index in [1.54, 1.807) is 0 Å². The highest BCUT2D eigenvalue weighted by Crippen LogP contribution is 2.29. The first-order valence-corrected chi connectivity index (χ1v) is 10.6. The van der Waals surface area contributed by atoms with Crippen LogP contribution in [0.4, 0.5) is 5.13 Å². The normalized spacial score (nSPS) is 14.3. The zero-order valence-corrected chi connectivity index (χ0v) is 16.1. The van der Waals surface area contributed by atoms with Crippen molar-refractivity contribution in [2.24, 2.45) is 0 Å². The summed E-state index contributed by atoms with van der Waals surface area (Å²) < 4.78 is 33.9. The number of anilines is 1. The quantitative estimate of drug-likeness (QED) is 0.659. The fraction of sp³-hybridized carbons (Fsp3) is 0.222. The number of carbonyl (C=O) groups is 1. The van der Waals surface area contributed by atoms with Gasteiger partial charge in [-0.2, -0.15) is 0 Å². The average Bonchev–Trinajstić information content (AvgIpc) is 3.36. The van der Waals surface area contributed by atoms with Crippen LogP contribution >= 0.6 is 11.3 Å². The average molecular weight is 403 g/mol. The van der Waals surface area contributed by atoms with Gasteiger partial charge in [0.15, 0.2) is 5.13 Å². The number of para-hydroxylation sites is 1.